The third kappa shape index (κ3) is 3.53. The van der Waals surface area contributed by atoms with Gasteiger partial charge >= 0.3 is 5.97 Å². The summed E-state index contributed by atoms with van der Waals surface area (Å²) in [6.07, 6.45) is 0.251. The number of nitrogens with one attached hydrogen (secondary N) is 1. The zero-order chi connectivity index (χ0) is 13.0. The Morgan fingerprint density at radius 3 is 2.76 bits per heavy atom. The van der Waals surface area contributed by atoms with Crippen LogP contribution >= 0.6 is 24.4 Å². The Labute approximate surface area is 109 Å². The van der Waals surface area contributed by atoms with Crippen LogP contribution in [0.1, 0.15) is 13.3 Å². The van der Waals surface area contributed by atoms with E-state index in [2.05, 4.69) is 17.9 Å². The molecule has 0 aromatic carbocycles. The first-order valence-electron chi connectivity index (χ1n) is 5.05. The summed E-state index contributed by atoms with van der Waals surface area (Å²) in [6, 6.07) is -0.833. The maximum absolute atomic E-state index is 11.9. The van der Waals surface area contributed by atoms with E-state index >= 15 is 0 Å². The quantitative estimate of drug-likeness (QED) is 0.488. The second kappa shape index (κ2) is 6.15. The van der Waals surface area contributed by atoms with Gasteiger partial charge in [0.25, 0.3) is 5.91 Å². The van der Waals surface area contributed by atoms with Crippen molar-refractivity contribution in [2.75, 3.05) is 11.6 Å². The van der Waals surface area contributed by atoms with Crippen molar-refractivity contribution < 1.29 is 19.5 Å². The number of hydrogen-bond acceptors (Lipinski definition) is 5. The summed E-state index contributed by atoms with van der Waals surface area (Å²) >= 11 is 5.34. The van der Waals surface area contributed by atoms with Crippen LogP contribution in [0.15, 0.2) is 0 Å². The van der Waals surface area contributed by atoms with Crippen molar-refractivity contribution in [3.63, 3.8) is 0 Å². The molecule has 1 aliphatic rings. The molecule has 1 heterocycles. The molecule has 2 unspecified atom stereocenters. The van der Waals surface area contributed by atoms with Crippen LogP contribution in [0.4, 0.5) is 0 Å². The Morgan fingerprint density at radius 1 is 1.59 bits per heavy atom. The third-order valence-corrected chi connectivity index (χ3v) is 3.67. The average molecular weight is 278 g/mol. The topological polar surface area (TPSA) is 86.7 Å². The fourth-order valence-electron chi connectivity index (χ4n) is 1.34. The molecule has 0 aromatic rings. The highest BCUT2D eigenvalue weighted by Gasteiger charge is 2.36. The summed E-state index contributed by atoms with van der Waals surface area (Å²) in [5, 5.41) is 10.3. The molecule has 1 saturated heterocycles. The molecule has 8 heteroatoms. The summed E-state index contributed by atoms with van der Waals surface area (Å²) in [7, 11) is 0. The van der Waals surface area contributed by atoms with Crippen molar-refractivity contribution in [2.24, 2.45) is 0 Å². The number of thiol groups is 1. The van der Waals surface area contributed by atoms with Crippen LogP contribution in [0.25, 0.3) is 0 Å². The van der Waals surface area contributed by atoms with Crippen molar-refractivity contribution in [3.05, 3.63) is 0 Å². The number of carbonyl (C=O) groups is 3. The summed E-state index contributed by atoms with van der Waals surface area (Å²) in [6.45, 7) is 1.66. The monoisotopic (exact) mass is 278 g/mol. The largest absolute Gasteiger partial charge is 0.480 e. The summed E-state index contributed by atoms with van der Waals surface area (Å²) in [5.74, 6) is -1.13. The molecular weight excluding hydrogens is 264 g/mol. The number of carboxylic acid groups (broad SMARTS) is 1. The molecule has 0 aromatic heterocycles. The lowest BCUT2D eigenvalue weighted by atomic mass is 10.3. The number of nitrogens with zero attached hydrogens (tertiary/aromatic N) is 1. The van der Waals surface area contributed by atoms with E-state index in [1.54, 1.807) is 6.92 Å². The highest BCUT2D eigenvalue weighted by Crippen LogP contribution is 2.22. The first kappa shape index (κ1) is 14.2. The number of amides is 2. The van der Waals surface area contributed by atoms with Gasteiger partial charge in [0.2, 0.25) is 5.91 Å². The highest BCUT2D eigenvalue weighted by atomic mass is 32.2. The van der Waals surface area contributed by atoms with Gasteiger partial charge in [0.15, 0.2) is 5.37 Å². The molecule has 6 nitrogen and oxygen atoms in total. The maximum atomic E-state index is 11.9. The average Bonchev–Trinajstić information content (AvgIpc) is 2.76. The number of aliphatic carboxylic acids is 1. The molecule has 96 valence electrons. The van der Waals surface area contributed by atoms with E-state index in [1.165, 1.54) is 16.7 Å². The maximum Gasteiger partial charge on any atom is 0.327 e. The molecule has 0 radical (unpaired) electrons. The lowest BCUT2D eigenvalue weighted by Gasteiger charge is -2.23. The predicted octanol–water partition coefficient (Wildman–Crippen LogP) is -0.245. The van der Waals surface area contributed by atoms with Gasteiger partial charge in [0.1, 0.15) is 6.04 Å². The van der Waals surface area contributed by atoms with E-state index in [9.17, 15) is 14.4 Å². The van der Waals surface area contributed by atoms with E-state index in [0.717, 1.165) is 0 Å². The SMILES string of the molecule is CCC(=O)NC(S)C(=O)N1CSCC1C(=O)O. The first-order valence-corrected chi connectivity index (χ1v) is 6.73. The number of hydrogen-bond donors (Lipinski definition) is 3. The van der Waals surface area contributed by atoms with Crippen LogP contribution in [0, 0.1) is 0 Å². The van der Waals surface area contributed by atoms with Gasteiger partial charge in [-0.3, -0.25) is 9.59 Å². The van der Waals surface area contributed by atoms with Crippen LogP contribution in [-0.4, -0.2) is 50.8 Å². The Balaban J connectivity index is 2.62. The number of carbonyl (C=O) groups excluding carboxylic acids is 2. The lowest BCUT2D eigenvalue weighted by molar-refractivity contribution is -0.147. The molecule has 0 saturated carbocycles. The molecule has 0 bridgehead atoms. The van der Waals surface area contributed by atoms with Gasteiger partial charge in [-0.25, -0.2) is 4.79 Å². The van der Waals surface area contributed by atoms with Gasteiger partial charge in [-0.2, -0.15) is 0 Å². The molecule has 1 rings (SSSR count). The lowest BCUT2D eigenvalue weighted by Crippen LogP contribution is -2.49. The van der Waals surface area contributed by atoms with Crippen LogP contribution in [0.2, 0.25) is 0 Å². The summed E-state index contributed by atoms with van der Waals surface area (Å²) in [5.41, 5.74) is 0. The number of thioether (sulfide) groups is 1. The predicted molar refractivity (Wildman–Crippen MR) is 66.8 cm³/mol. The first-order chi connectivity index (χ1) is 7.97. The normalized spacial score (nSPS) is 21.1. The Hall–Kier alpha value is -0.890. The molecule has 0 aliphatic carbocycles. The highest BCUT2D eigenvalue weighted by molar-refractivity contribution is 7.99. The molecule has 2 atom stereocenters. The Bertz CT molecular complexity index is 337. The van der Waals surface area contributed by atoms with Crippen molar-refractivity contribution in [1.29, 1.82) is 0 Å². The zero-order valence-electron chi connectivity index (χ0n) is 9.25. The van der Waals surface area contributed by atoms with E-state index in [0.29, 0.717) is 11.6 Å². The van der Waals surface area contributed by atoms with E-state index < -0.39 is 23.3 Å². The smallest absolute Gasteiger partial charge is 0.327 e. The minimum atomic E-state index is -1.04. The van der Waals surface area contributed by atoms with Crippen LogP contribution < -0.4 is 5.32 Å². The molecule has 17 heavy (non-hydrogen) atoms. The van der Waals surface area contributed by atoms with Gasteiger partial charge in [-0.1, -0.05) is 6.92 Å². The Morgan fingerprint density at radius 2 is 2.24 bits per heavy atom. The van der Waals surface area contributed by atoms with Crippen molar-refractivity contribution in [1.82, 2.24) is 10.2 Å². The standard InChI is InChI=1S/C9H14N2O4S2/c1-2-6(12)10-7(16)8(13)11-4-17-3-5(11)9(14)15/h5,7,16H,2-4H2,1H3,(H,10,12)(H,14,15). The molecule has 1 fully saturated rings. The molecular formula is C9H14N2O4S2. The second-order valence-electron chi connectivity index (χ2n) is 3.49. The molecule has 1 aliphatic heterocycles. The van der Waals surface area contributed by atoms with Gasteiger partial charge in [-0.15, -0.1) is 24.4 Å². The summed E-state index contributed by atoms with van der Waals surface area (Å²) in [4.78, 5) is 35.1. The van der Waals surface area contributed by atoms with Gasteiger partial charge in [-0.05, 0) is 0 Å². The molecule has 2 N–H and O–H groups in total. The van der Waals surface area contributed by atoms with E-state index in [4.69, 9.17) is 5.11 Å². The van der Waals surface area contributed by atoms with E-state index in [1.807, 2.05) is 0 Å². The van der Waals surface area contributed by atoms with Crippen LogP contribution in [0.3, 0.4) is 0 Å². The van der Waals surface area contributed by atoms with Crippen LogP contribution in [-0.2, 0) is 14.4 Å². The van der Waals surface area contributed by atoms with Gasteiger partial charge in [0, 0.05) is 12.2 Å². The molecule has 2 amide bonds. The fraction of sp³-hybridized carbons (Fsp3) is 0.667. The van der Waals surface area contributed by atoms with E-state index in [-0.39, 0.29) is 12.3 Å². The second-order valence-corrected chi connectivity index (χ2v) is 5.00. The minimum Gasteiger partial charge on any atom is -0.480 e. The van der Waals surface area contributed by atoms with Crippen LogP contribution in [0.5, 0.6) is 0 Å². The summed E-state index contributed by atoms with van der Waals surface area (Å²) < 4.78 is 0. The van der Waals surface area contributed by atoms with Gasteiger partial charge in [0.05, 0.1) is 5.88 Å². The zero-order valence-corrected chi connectivity index (χ0v) is 11.0. The third-order valence-electron chi connectivity index (χ3n) is 2.30. The molecule has 0 spiro atoms. The van der Waals surface area contributed by atoms with Crippen molar-refractivity contribution in [3.8, 4) is 0 Å². The Kier molecular flexibility index (Phi) is 5.13. The van der Waals surface area contributed by atoms with Crippen molar-refractivity contribution >= 4 is 42.2 Å². The number of carboxylic acids is 1. The minimum absolute atomic E-state index is 0.251. The van der Waals surface area contributed by atoms with Crippen molar-refractivity contribution in [2.45, 2.75) is 24.8 Å². The number of rotatable bonds is 4. The fourth-order valence-corrected chi connectivity index (χ4v) is 2.79. The van der Waals surface area contributed by atoms with Gasteiger partial charge < -0.3 is 15.3 Å².